The smallest absolute Gasteiger partial charge is 0.175 e. The van der Waals surface area contributed by atoms with Crippen LogP contribution in [0.15, 0.2) is 23.3 Å². The summed E-state index contributed by atoms with van der Waals surface area (Å²) in [6.07, 6.45) is 9.04. The molecule has 4 aliphatic rings. The zero-order chi connectivity index (χ0) is 18.9. The Morgan fingerprint density at radius 1 is 1.31 bits per heavy atom. The Bertz CT molecular complexity index is 738. The van der Waals surface area contributed by atoms with E-state index in [1.807, 2.05) is 6.08 Å². The summed E-state index contributed by atoms with van der Waals surface area (Å²) in [5.41, 5.74) is 1.18. The Labute approximate surface area is 164 Å². The summed E-state index contributed by atoms with van der Waals surface area (Å²) in [5.74, 6) is 1.33. The number of carbonyl (C=O) groups excluding carboxylic acids is 2. The van der Waals surface area contributed by atoms with Crippen LogP contribution in [0.2, 0.25) is 0 Å². The average Bonchev–Trinajstić information content (AvgIpc) is 2.88. The summed E-state index contributed by atoms with van der Waals surface area (Å²) in [5, 5.41) is 11.6. The van der Waals surface area contributed by atoms with E-state index in [4.69, 9.17) is 0 Å². The Kier molecular flexibility index (Phi) is 4.21. The first-order chi connectivity index (χ1) is 12.2. The van der Waals surface area contributed by atoms with Gasteiger partial charge in [-0.25, -0.2) is 0 Å². The van der Waals surface area contributed by atoms with Crippen LogP contribution in [0.3, 0.4) is 0 Å². The molecule has 4 aliphatic carbocycles. The maximum atomic E-state index is 12.6. The number of hydrogen-bond acceptors (Lipinski definition) is 3. The molecule has 4 heteroatoms. The number of carbonyl (C=O) groups is 2. The predicted molar refractivity (Wildman–Crippen MR) is 105 cm³/mol. The SMILES string of the molecule is C[C@H]1C[C@@H]2C(=CC[C@@]3(C)[C@H]2CC[C@]3(O)C(=O)CBr)[C@@]2(C)CCC(=O)C=C12. The van der Waals surface area contributed by atoms with Crippen molar-refractivity contribution < 1.29 is 14.7 Å². The molecule has 6 atom stereocenters. The monoisotopic (exact) mass is 420 g/mol. The predicted octanol–water partition coefficient (Wildman–Crippen LogP) is 4.38. The summed E-state index contributed by atoms with van der Waals surface area (Å²) < 4.78 is 0. The maximum absolute atomic E-state index is 12.6. The first-order valence-corrected chi connectivity index (χ1v) is 11.1. The molecule has 0 bridgehead atoms. The van der Waals surface area contributed by atoms with Crippen LogP contribution in [-0.4, -0.2) is 27.6 Å². The molecule has 0 unspecified atom stereocenters. The molecular formula is C22H29BrO3. The molecule has 0 aliphatic heterocycles. The van der Waals surface area contributed by atoms with Crippen LogP contribution in [0.4, 0.5) is 0 Å². The van der Waals surface area contributed by atoms with E-state index in [9.17, 15) is 14.7 Å². The minimum Gasteiger partial charge on any atom is -0.381 e. The lowest BCUT2D eigenvalue weighted by Crippen LogP contribution is -2.55. The number of Topliss-reactive ketones (excluding diaryl/α,β-unsaturated/α-hetero) is 1. The molecule has 0 amide bonds. The third-order valence-corrected chi connectivity index (χ3v) is 8.90. The van der Waals surface area contributed by atoms with Crippen molar-refractivity contribution in [1.29, 1.82) is 0 Å². The Morgan fingerprint density at radius 3 is 2.73 bits per heavy atom. The van der Waals surface area contributed by atoms with Gasteiger partial charge < -0.3 is 5.11 Å². The van der Waals surface area contributed by atoms with Crippen molar-refractivity contribution >= 4 is 27.5 Å². The highest BCUT2D eigenvalue weighted by molar-refractivity contribution is 9.09. The van der Waals surface area contributed by atoms with Gasteiger partial charge >= 0.3 is 0 Å². The highest BCUT2D eigenvalue weighted by atomic mass is 79.9. The highest BCUT2D eigenvalue weighted by Gasteiger charge is 2.64. The molecule has 4 rings (SSSR count). The van der Waals surface area contributed by atoms with Gasteiger partial charge in [-0.2, -0.15) is 0 Å². The number of fused-ring (bicyclic) bond motifs is 5. The van der Waals surface area contributed by atoms with Crippen molar-refractivity contribution in [2.75, 3.05) is 5.33 Å². The van der Waals surface area contributed by atoms with Crippen LogP contribution in [0.1, 0.15) is 59.3 Å². The molecule has 142 valence electrons. The zero-order valence-electron chi connectivity index (χ0n) is 16.0. The van der Waals surface area contributed by atoms with E-state index >= 15 is 0 Å². The zero-order valence-corrected chi connectivity index (χ0v) is 17.6. The van der Waals surface area contributed by atoms with Gasteiger partial charge in [-0.1, -0.05) is 53.9 Å². The normalized spacial score (nSPS) is 47.4. The van der Waals surface area contributed by atoms with Crippen LogP contribution in [0.25, 0.3) is 0 Å². The van der Waals surface area contributed by atoms with Gasteiger partial charge in [-0.15, -0.1) is 0 Å². The second-order valence-electron chi connectivity index (χ2n) is 9.48. The quantitative estimate of drug-likeness (QED) is 0.532. The van der Waals surface area contributed by atoms with E-state index in [1.165, 1.54) is 11.1 Å². The van der Waals surface area contributed by atoms with E-state index in [2.05, 4.69) is 42.8 Å². The lowest BCUT2D eigenvalue weighted by Gasteiger charge is -2.56. The lowest BCUT2D eigenvalue weighted by molar-refractivity contribution is -0.149. The third kappa shape index (κ3) is 2.21. The summed E-state index contributed by atoms with van der Waals surface area (Å²) in [4.78, 5) is 24.6. The molecular weight excluding hydrogens is 392 g/mol. The van der Waals surface area contributed by atoms with Crippen LogP contribution in [0.5, 0.6) is 0 Å². The first kappa shape index (κ1) is 18.6. The molecule has 1 N–H and O–H groups in total. The highest BCUT2D eigenvalue weighted by Crippen LogP contribution is 2.66. The second kappa shape index (κ2) is 5.88. The first-order valence-electron chi connectivity index (χ1n) is 9.94. The number of hydrogen-bond donors (Lipinski definition) is 1. The molecule has 0 aromatic rings. The third-order valence-electron chi connectivity index (χ3n) is 8.39. The topological polar surface area (TPSA) is 54.4 Å². The number of aliphatic hydroxyl groups is 1. The largest absolute Gasteiger partial charge is 0.381 e. The van der Waals surface area contributed by atoms with Crippen molar-refractivity contribution in [2.24, 2.45) is 28.6 Å². The summed E-state index contributed by atoms with van der Waals surface area (Å²) in [6.45, 7) is 6.69. The Balaban J connectivity index is 1.79. The lowest BCUT2D eigenvalue weighted by atomic mass is 9.49. The van der Waals surface area contributed by atoms with E-state index in [0.29, 0.717) is 30.6 Å². The summed E-state index contributed by atoms with van der Waals surface area (Å²) in [7, 11) is 0. The molecule has 0 spiro atoms. The maximum Gasteiger partial charge on any atom is 0.175 e. The molecule has 0 aromatic carbocycles. The summed E-state index contributed by atoms with van der Waals surface area (Å²) >= 11 is 3.27. The van der Waals surface area contributed by atoms with Crippen molar-refractivity contribution in [1.82, 2.24) is 0 Å². The molecule has 0 heterocycles. The van der Waals surface area contributed by atoms with E-state index in [1.54, 1.807) is 0 Å². The van der Waals surface area contributed by atoms with Crippen LogP contribution >= 0.6 is 15.9 Å². The van der Waals surface area contributed by atoms with Gasteiger partial charge in [0.2, 0.25) is 0 Å². The van der Waals surface area contributed by atoms with Gasteiger partial charge in [0.25, 0.3) is 0 Å². The van der Waals surface area contributed by atoms with Gasteiger partial charge in [0.05, 0.1) is 5.33 Å². The Hall–Kier alpha value is -0.740. The van der Waals surface area contributed by atoms with E-state index in [-0.39, 0.29) is 27.7 Å². The van der Waals surface area contributed by atoms with Gasteiger partial charge in [0.1, 0.15) is 5.60 Å². The molecule has 2 saturated carbocycles. The van der Waals surface area contributed by atoms with Gasteiger partial charge in [0, 0.05) is 17.3 Å². The second-order valence-corrected chi connectivity index (χ2v) is 10.0. The average molecular weight is 421 g/mol. The van der Waals surface area contributed by atoms with Crippen LogP contribution in [-0.2, 0) is 9.59 Å². The van der Waals surface area contributed by atoms with Crippen LogP contribution < -0.4 is 0 Å². The number of rotatable bonds is 2. The number of alkyl halides is 1. The van der Waals surface area contributed by atoms with E-state index in [0.717, 1.165) is 25.7 Å². The molecule has 2 fully saturated rings. The fourth-order valence-electron chi connectivity index (χ4n) is 6.85. The number of halogens is 1. The van der Waals surface area contributed by atoms with Crippen molar-refractivity contribution in [2.45, 2.75) is 64.9 Å². The van der Waals surface area contributed by atoms with Crippen molar-refractivity contribution in [3.63, 3.8) is 0 Å². The summed E-state index contributed by atoms with van der Waals surface area (Å²) in [6, 6.07) is 0. The molecule has 0 saturated heterocycles. The van der Waals surface area contributed by atoms with Gasteiger partial charge in [-0.3, -0.25) is 9.59 Å². The molecule has 3 nitrogen and oxygen atoms in total. The van der Waals surface area contributed by atoms with Crippen molar-refractivity contribution in [3.8, 4) is 0 Å². The van der Waals surface area contributed by atoms with Gasteiger partial charge in [0.15, 0.2) is 11.6 Å². The standard InChI is InChI=1S/C22H29BrO3/c1-13-10-15-16(20(2)7-4-14(24)11-18(13)20)5-8-21(3)17(15)6-9-22(21,26)19(25)12-23/h5,11,13,15,17,26H,4,6-10,12H2,1-3H3/t13-,15+,17-,20+,21-,22-/m0/s1. The minimum atomic E-state index is -1.22. The van der Waals surface area contributed by atoms with Crippen LogP contribution in [0, 0.1) is 28.6 Å². The fourth-order valence-corrected chi connectivity index (χ4v) is 7.32. The van der Waals surface area contributed by atoms with E-state index < -0.39 is 5.60 Å². The molecule has 26 heavy (non-hydrogen) atoms. The molecule has 0 aromatic heterocycles. The Morgan fingerprint density at radius 2 is 2.04 bits per heavy atom. The fraction of sp³-hybridized carbons (Fsp3) is 0.727. The number of allylic oxidation sites excluding steroid dienone is 4. The van der Waals surface area contributed by atoms with Gasteiger partial charge in [-0.05, 0) is 55.9 Å². The molecule has 0 radical (unpaired) electrons. The number of ketones is 2. The minimum absolute atomic E-state index is 0.0162. The van der Waals surface area contributed by atoms with Crippen molar-refractivity contribution in [3.05, 3.63) is 23.3 Å².